The molecule has 0 spiro atoms. The normalized spacial score (nSPS) is 23.5. The number of ether oxygens (including phenoxy) is 1. The molecule has 0 N–H and O–H groups in total. The van der Waals surface area contributed by atoms with Gasteiger partial charge in [0, 0.05) is 0 Å². The molecule has 1 unspecified atom stereocenters. The largest absolute Gasteiger partial charge is 0.416 e. The van der Waals surface area contributed by atoms with Crippen LogP contribution in [0.15, 0.2) is 24.3 Å². The number of alkyl halides is 5. The average Bonchev–Trinajstić information content (AvgIpc) is 3.09. The summed E-state index contributed by atoms with van der Waals surface area (Å²) in [6, 6.07) is 3.71. The van der Waals surface area contributed by atoms with E-state index in [-0.39, 0.29) is 17.9 Å². The smallest absolute Gasteiger partial charge is 0.357 e. The fourth-order valence-electron chi connectivity index (χ4n) is 1.80. The monoisotopic (exact) mass is 298 g/mol. The van der Waals surface area contributed by atoms with Gasteiger partial charge in [-0.25, -0.2) is 0 Å². The Morgan fingerprint density at radius 1 is 1.16 bits per heavy atom. The maximum atomic E-state index is 13.9. The first kappa shape index (κ1) is 14.6. The standard InChI is InChI=1S/C12H11F5OS/c1-2-19-12(16,17)10(7-18-10)8-3-5-9(6-4-8)11(13,14)15/h3-6H,2,7H2,1H3. The van der Waals surface area contributed by atoms with Crippen molar-refractivity contribution in [2.75, 3.05) is 12.4 Å². The Morgan fingerprint density at radius 2 is 1.68 bits per heavy atom. The SMILES string of the molecule is CCSC(F)(F)C1(c2ccc(C(F)(F)F)cc2)CO1. The lowest BCUT2D eigenvalue weighted by molar-refractivity contribution is -0.137. The summed E-state index contributed by atoms with van der Waals surface area (Å²) in [5, 5.41) is -3.15. The summed E-state index contributed by atoms with van der Waals surface area (Å²) >= 11 is 0.427. The van der Waals surface area contributed by atoms with Crippen LogP contribution >= 0.6 is 11.8 Å². The van der Waals surface area contributed by atoms with Crippen molar-refractivity contribution in [2.45, 2.75) is 24.0 Å². The van der Waals surface area contributed by atoms with Crippen molar-refractivity contribution < 1.29 is 26.7 Å². The highest BCUT2D eigenvalue weighted by Gasteiger charge is 2.65. The predicted molar refractivity (Wildman–Crippen MR) is 62.2 cm³/mol. The summed E-state index contributed by atoms with van der Waals surface area (Å²) in [7, 11) is 0. The fourth-order valence-corrected chi connectivity index (χ4v) is 2.63. The van der Waals surface area contributed by atoms with E-state index in [0.29, 0.717) is 11.8 Å². The predicted octanol–water partition coefficient (Wildman–Crippen LogP) is 4.28. The van der Waals surface area contributed by atoms with Crippen molar-refractivity contribution in [3.8, 4) is 0 Å². The second-order valence-corrected chi connectivity index (χ2v) is 5.52. The second kappa shape index (κ2) is 4.63. The van der Waals surface area contributed by atoms with Gasteiger partial charge in [0.25, 0.3) is 0 Å². The lowest BCUT2D eigenvalue weighted by Gasteiger charge is -2.23. The van der Waals surface area contributed by atoms with Gasteiger partial charge in [-0.05, 0) is 23.4 Å². The molecule has 106 valence electrons. The molecule has 0 saturated carbocycles. The van der Waals surface area contributed by atoms with Gasteiger partial charge >= 0.3 is 11.4 Å². The van der Waals surface area contributed by atoms with Gasteiger partial charge in [-0.1, -0.05) is 30.8 Å². The number of thioether (sulfide) groups is 1. The zero-order valence-electron chi connectivity index (χ0n) is 9.93. The first-order valence-corrected chi connectivity index (χ1v) is 6.55. The second-order valence-electron chi connectivity index (χ2n) is 4.14. The highest BCUT2D eigenvalue weighted by molar-refractivity contribution is 8.00. The van der Waals surface area contributed by atoms with E-state index in [4.69, 9.17) is 4.74 Å². The first-order valence-electron chi connectivity index (χ1n) is 5.56. The van der Waals surface area contributed by atoms with E-state index in [1.54, 1.807) is 6.92 Å². The van der Waals surface area contributed by atoms with Crippen molar-refractivity contribution in [1.82, 2.24) is 0 Å². The number of hydrogen-bond donors (Lipinski definition) is 0. The van der Waals surface area contributed by atoms with Gasteiger partial charge in [-0.2, -0.15) is 22.0 Å². The van der Waals surface area contributed by atoms with Gasteiger partial charge in [0.15, 0.2) is 5.60 Å². The summed E-state index contributed by atoms with van der Waals surface area (Å²) in [5.41, 5.74) is -2.57. The Morgan fingerprint density at radius 3 is 2.05 bits per heavy atom. The molecule has 1 saturated heterocycles. The zero-order chi connectivity index (χ0) is 14.3. The molecular formula is C12H11F5OS. The van der Waals surface area contributed by atoms with Crippen LogP contribution in [-0.2, 0) is 16.5 Å². The number of hydrogen-bond acceptors (Lipinski definition) is 2. The van der Waals surface area contributed by atoms with Gasteiger partial charge in [0.1, 0.15) is 0 Å². The van der Waals surface area contributed by atoms with Crippen LogP contribution in [0, 0.1) is 0 Å². The summed E-state index contributed by atoms with van der Waals surface area (Å²) in [6.07, 6.45) is -4.48. The van der Waals surface area contributed by atoms with Crippen molar-refractivity contribution in [2.24, 2.45) is 0 Å². The van der Waals surface area contributed by atoms with Crippen molar-refractivity contribution >= 4 is 11.8 Å². The van der Waals surface area contributed by atoms with Crippen LogP contribution in [0.1, 0.15) is 18.1 Å². The molecule has 1 nitrogen and oxygen atoms in total. The van der Waals surface area contributed by atoms with Gasteiger partial charge in [-0.15, -0.1) is 0 Å². The highest BCUT2D eigenvalue weighted by Crippen LogP contribution is 2.56. The maximum absolute atomic E-state index is 13.9. The minimum atomic E-state index is -4.48. The number of rotatable bonds is 4. The van der Waals surface area contributed by atoms with Gasteiger partial charge in [0.05, 0.1) is 12.2 Å². The van der Waals surface area contributed by atoms with Crippen LogP contribution in [0.3, 0.4) is 0 Å². The van der Waals surface area contributed by atoms with Crippen LogP contribution in [0.25, 0.3) is 0 Å². The van der Waals surface area contributed by atoms with E-state index < -0.39 is 22.6 Å². The Balaban J connectivity index is 2.28. The van der Waals surface area contributed by atoms with Crippen LogP contribution in [0.4, 0.5) is 22.0 Å². The van der Waals surface area contributed by atoms with Crippen LogP contribution in [0.5, 0.6) is 0 Å². The Hall–Kier alpha value is -0.820. The Kier molecular flexibility index (Phi) is 3.55. The van der Waals surface area contributed by atoms with Crippen LogP contribution < -0.4 is 0 Å². The molecule has 1 atom stereocenters. The molecule has 0 aliphatic carbocycles. The van der Waals surface area contributed by atoms with E-state index in [1.165, 1.54) is 0 Å². The summed E-state index contributed by atoms with van der Waals surface area (Å²) in [5.74, 6) is 0.193. The van der Waals surface area contributed by atoms with E-state index in [9.17, 15) is 22.0 Å². The molecule has 1 fully saturated rings. The van der Waals surface area contributed by atoms with E-state index in [1.807, 2.05) is 0 Å². The summed E-state index contributed by atoms with van der Waals surface area (Å²) < 4.78 is 69.9. The quantitative estimate of drug-likeness (QED) is 0.608. The molecule has 1 aliphatic rings. The summed E-state index contributed by atoms with van der Waals surface area (Å²) in [6.45, 7) is 1.40. The molecular weight excluding hydrogens is 287 g/mol. The van der Waals surface area contributed by atoms with Crippen LogP contribution in [0.2, 0.25) is 0 Å². The highest BCUT2D eigenvalue weighted by atomic mass is 32.2. The topological polar surface area (TPSA) is 12.5 Å². The third kappa shape index (κ3) is 2.58. The van der Waals surface area contributed by atoms with Gasteiger partial charge in [-0.3, -0.25) is 0 Å². The molecule has 0 radical (unpaired) electrons. The third-order valence-electron chi connectivity index (χ3n) is 2.91. The van der Waals surface area contributed by atoms with Gasteiger partial charge < -0.3 is 4.74 Å². The van der Waals surface area contributed by atoms with E-state index >= 15 is 0 Å². The summed E-state index contributed by atoms with van der Waals surface area (Å²) in [4.78, 5) is 0. The molecule has 1 aromatic carbocycles. The lowest BCUT2D eigenvalue weighted by atomic mass is 9.99. The number of epoxide rings is 1. The van der Waals surface area contributed by atoms with Crippen molar-refractivity contribution in [3.63, 3.8) is 0 Å². The number of benzene rings is 1. The zero-order valence-corrected chi connectivity index (χ0v) is 10.7. The molecule has 0 bridgehead atoms. The van der Waals surface area contributed by atoms with Crippen molar-refractivity contribution in [1.29, 1.82) is 0 Å². The molecule has 7 heteroatoms. The molecule has 1 aromatic rings. The van der Waals surface area contributed by atoms with Crippen LogP contribution in [-0.4, -0.2) is 17.6 Å². The molecule has 0 aromatic heterocycles. The van der Waals surface area contributed by atoms with Crippen molar-refractivity contribution in [3.05, 3.63) is 35.4 Å². The van der Waals surface area contributed by atoms with E-state index in [2.05, 4.69) is 0 Å². The molecule has 0 amide bonds. The van der Waals surface area contributed by atoms with E-state index in [0.717, 1.165) is 24.3 Å². The Bertz CT molecular complexity index is 450. The average molecular weight is 298 g/mol. The maximum Gasteiger partial charge on any atom is 0.416 e. The molecule has 2 rings (SSSR count). The molecule has 1 aliphatic heterocycles. The number of halogens is 5. The molecule has 1 heterocycles. The Labute approximate surface area is 111 Å². The lowest BCUT2D eigenvalue weighted by Crippen LogP contribution is -2.32. The third-order valence-corrected chi connectivity index (χ3v) is 3.89. The minimum absolute atomic E-state index is 0.0754. The molecule has 19 heavy (non-hydrogen) atoms. The fraction of sp³-hybridized carbons (Fsp3) is 0.500. The van der Waals surface area contributed by atoms with Gasteiger partial charge in [0.2, 0.25) is 0 Å². The first-order chi connectivity index (χ1) is 8.73. The minimum Gasteiger partial charge on any atom is -0.357 e.